The molecule has 0 saturated carbocycles. The van der Waals surface area contributed by atoms with E-state index in [2.05, 4.69) is 18.8 Å². The third-order valence-corrected chi connectivity index (χ3v) is 2.39. The van der Waals surface area contributed by atoms with Crippen molar-refractivity contribution < 1.29 is 0 Å². The van der Waals surface area contributed by atoms with Crippen molar-refractivity contribution in [3.63, 3.8) is 0 Å². The van der Waals surface area contributed by atoms with Gasteiger partial charge in [-0.05, 0) is 6.07 Å². The standard InChI is InChI=1S/C9H11N3S/c1-6(2)13-9-8(11)3-7(4-10)5-12-9/h3,5-6H,11H2,1-2H3. The first-order chi connectivity index (χ1) is 6.13. The van der Waals surface area contributed by atoms with Crippen molar-refractivity contribution in [2.24, 2.45) is 0 Å². The molecule has 0 saturated heterocycles. The second-order valence-corrected chi connectivity index (χ2v) is 4.46. The fourth-order valence-corrected chi connectivity index (χ4v) is 1.61. The Balaban J connectivity index is 2.93. The van der Waals surface area contributed by atoms with Crippen LogP contribution in [0.5, 0.6) is 0 Å². The maximum atomic E-state index is 8.58. The molecule has 1 rings (SSSR count). The molecule has 0 atom stereocenters. The number of pyridine rings is 1. The normalized spacial score (nSPS) is 10.0. The van der Waals surface area contributed by atoms with Gasteiger partial charge < -0.3 is 5.73 Å². The van der Waals surface area contributed by atoms with Crippen LogP contribution in [0, 0.1) is 11.3 Å². The summed E-state index contributed by atoms with van der Waals surface area (Å²) in [6.07, 6.45) is 1.54. The van der Waals surface area contributed by atoms with E-state index >= 15 is 0 Å². The van der Waals surface area contributed by atoms with E-state index in [0.29, 0.717) is 16.5 Å². The number of nitrogen functional groups attached to an aromatic ring is 1. The summed E-state index contributed by atoms with van der Waals surface area (Å²) in [5, 5.41) is 9.83. The van der Waals surface area contributed by atoms with Gasteiger partial charge in [-0.3, -0.25) is 0 Å². The van der Waals surface area contributed by atoms with Crippen LogP contribution in [-0.4, -0.2) is 10.2 Å². The zero-order chi connectivity index (χ0) is 9.84. The average Bonchev–Trinajstić information content (AvgIpc) is 2.08. The summed E-state index contributed by atoms with van der Waals surface area (Å²) in [5.74, 6) is 0. The second-order valence-electron chi connectivity index (χ2n) is 2.90. The predicted molar refractivity (Wildman–Crippen MR) is 54.4 cm³/mol. The number of hydrogen-bond donors (Lipinski definition) is 1. The van der Waals surface area contributed by atoms with Crippen LogP contribution in [0.3, 0.4) is 0 Å². The lowest BCUT2D eigenvalue weighted by Gasteiger charge is -2.06. The van der Waals surface area contributed by atoms with Crippen molar-refractivity contribution in [3.05, 3.63) is 17.8 Å². The molecule has 3 nitrogen and oxygen atoms in total. The molecule has 1 aromatic rings. The molecule has 0 radical (unpaired) electrons. The minimum Gasteiger partial charge on any atom is -0.397 e. The van der Waals surface area contributed by atoms with Gasteiger partial charge in [0, 0.05) is 11.4 Å². The number of thioether (sulfide) groups is 1. The van der Waals surface area contributed by atoms with Gasteiger partial charge in [-0.15, -0.1) is 11.8 Å². The third-order valence-electron chi connectivity index (χ3n) is 1.36. The number of anilines is 1. The van der Waals surface area contributed by atoms with Gasteiger partial charge in [0.1, 0.15) is 11.1 Å². The largest absolute Gasteiger partial charge is 0.397 e. The van der Waals surface area contributed by atoms with Crippen LogP contribution in [-0.2, 0) is 0 Å². The lowest BCUT2D eigenvalue weighted by Crippen LogP contribution is -1.96. The number of aromatic nitrogens is 1. The maximum Gasteiger partial charge on any atom is 0.119 e. The summed E-state index contributed by atoms with van der Waals surface area (Å²) in [5.41, 5.74) is 6.80. The molecule has 0 unspecified atom stereocenters. The molecule has 0 amide bonds. The van der Waals surface area contributed by atoms with Crippen LogP contribution >= 0.6 is 11.8 Å². The molecular weight excluding hydrogens is 182 g/mol. The lowest BCUT2D eigenvalue weighted by molar-refractivity contribution is 1.07. The van der Waals surface area contributed by atoms with Crippen molar-refractivity contribution >= 4 is 17.4 Å². The van der Waals surface area contributed by atoms with Crippen molar-refractivity contribution in [2.75, 3.05) is 5.73 Å². The van der Waals surface area contributed by atoms with Gasteiger partial charge in [0.2, 0.25) is 0 Å². The molecular formula is C9H11N3S. The highest BCUT2D eigenvalue weighted by Crippen LogP contribution is 2.26. The zero-order valence-corrected chi connectivity index (χ0v) is 8.43. The van der Waals surface area contributed by atoms with Gasteiger partial charge >= 0.3 is 0 Å². The van der Waals surface area contributed by atoms with Crippen LogP contribution in [0.15, 0.2) is 17.3 Å². The molecule has 0 spiro atoms. The molecule has 0 aromatic carbocycles. The van der Waals surface area contributed by atoms with E-state index < -0.39 is 0 Å². The number of rotatable bonds is 2. The van der Waals surface area contributed by atoms with E-state index in [1.165, 1.54) is 0 Å². The third kappa shape index (κ3) is 2.63. The molecule has 0 aliphatic carbocycles. The molecule has 4 heteroatoms. The number of nitrogens with two attached hydrogens (primary N) is 1. The SMILES string of the molecule is CC(C)Sc1ncc(C#N)cc1N. The summed E-state index contributed by atoms with van der Waals surface area (Å²) in [4.78, 5) is 4.10. The van der Waals surface area contributed by atoms with Gasteiger partial charge in [-0.2, -0.15) is 5.26 Å². The summed E-state index contributed by atoms with van der Waals surface area (Å²) >= 11 is 1.60. The summed E-state index contributed by atoms with van der Waals surface area (Å²) in [7, 11) is 0. The van der Waals surface area contributed by atoms with E-state index in [9.17, 15) is 0 Å². The first kappa shape index (κ1) is 9.87. The monoisotopic (exact) mass is 193 g/mol. The highest BCUT2D eigenvalue weighted by Gasteiger charge is 2.04. The van der Waals surface area contributed by atoms with Crippen molar-refractivity contribution in [1.82, 2.24) is 4.98 Å². The molecule has 0 fully saturated rings. The lowest BCUT2D eigenvalue weighted by atomic mass is 10.3. The Morgan fingerprint density at radius 2 is 2.31 bits per heavy atom. The van der Waals surface area contributed by atoms with E-state index in [1.54, 1.807) is 24.0 Å². The number of nitrogens with zero attached hydrogens (tertiary/aromatic N) is 2. The maximum absolute atomic E-state index is 8.58. The van der Waals surface area contributed by atoms with E-state index in [-0.39, 0.29) is 0 Å². The van der Waals surface area contributed by atoms with Crippen molar-refractivity contribution in [3.8, 4) is 6.07 Å². The molecule has 1 aromatic heterocycles. The van der Waals surface area contributed by atoms with Gasteiger partial charge in [0.25, 0.3) is 0 Å². The molecule has 13 heavy (non-hydrogen) atoms. The molecule has 1 heterocycles. The van der Waals surface area contributed by atoms with E-state index in [1.807, 2.05) is 6.07 Å². The fourth-order valence-electron chi connectivity index (χ4n) is 0.852. The molecule has 0 bridgehead atoms. The van der Waals surface area contributed by atoms with Gasteiger partial charge in [0.15, 0.2) is 0 Å². The molecule has 68 valence electrons. The smallest absolute Gasteiger partial charge is 0.119 e. The number of hydrogen-bond acceptors (Lipinski definition) is 4. The minimum atomic E-state index is 0.447. The van der Waals surface area contributed by atoms with Crippen LogP contribution in [0.2, 0.25) is 0 Å². The molecule has 0 aliphatic rings. The molecule has 0 aliphatic heterocycles. The van der Waals surface area contributed by atoms with Gasteiger partial charge in [-0.25, -0.2) is 4.98 Å². The Labute approximate surface area is 82.0 Å². The summed E-state index contributed by atoms with van der Waals surface area (Å²) in [6.45, 7) is 4.15. The van der Waals surface area contributed by atoms with Crippen molar-refractivity contribution in [2.45, 2.75) is 24.1 Å². The Hall–Kier alpha value is -1.21. The van der Waals surface area contributed by atoms with Gasteiger partial charge in [-0.1, -0.05) is 13.8 Å². The Kier molecular flexibility index (Phi) is 3.15. The van der Waals surface area contributed by atoms with Gasteiger partial charge in [0.05, 0.1) is 11.3 Å². The minimum absolute atomic E-state index is 0.447. The second kappa shape index (κ2) is 4.15. The predicted octanol–water partition coefficient (Wildman–Crippen LogP) is 2.04. The van der Waals surface area contributed by atoms with Crippen molar-refractivity contribution in [1.29, 1.82) is 5.26 Å². The van der Waals surface area contributed by atoms with Crippen LogP contribution in [0.25, 0.3) is 0 Å². The van der Waals surface area contributed by atoms with Crippen LogP contribution < -0.4 is 5.73 Å². The van der Waals surface area contributed by atoms with E-state index in [0.717, 1.165) is 5.03 Å². The Morgan fingerprint density at radius 1 is 1.62 bits per heavy atom. The zero-order valence-electron chi connectivity index (χ0n) is 7.61. The van der Waals surface area contributed by atoms with Crippen LogP contribution in [0.1, 0.15) is 19.4 Å². The first-order valence-corrected chi connectivity index (χ1v) is 4.83. The number of nitriles is 1. The Bertz CT molecular complexity index is 341. The first-order valence-electron chi connectivity index (χ1n) is 3.95. The molecule has 2 N–H and O–H groups in total. The van der Waals surface area contributed by atoms with Crippen LogP contribution in [0.4, 0.5) is 5.69 Å². The summed E-state index contributed by atoms with van der Waals surface area (Å²) in [6, 6.07) is 3.65. The topological polar surface area (TPSA) is 62.7 Å². The summed E-state index contributed by atoms with van der Waals surface area (Å²) < 4.78 is 0. The fraction of sp³-hybridized carbons (Fsp3) is 0.333. The highest BCUT2D eigenvalue weighted by atomic mass is 32.2. The Morgan fingerprint density at radius 3 is 2.77 bits per heavy atom. The average molecular weight is 193 g/mol. The quantitative estimate of drug-likeness (QED) is 0.730. The van der Waals surface area contributed by atoms with E-state index in [4.69, 9.17) is 11.0 Å². The highest BCUT2D eigenvalue weighted by molar-refractivity contribution is 7.99.